The summed E-state index contributed by atoms with van der Waals surface area (Å²) in [4.78, 5) is 9.95. The molecule has 2 aromatic rings. The molecule has 0 fully saturated rings. The summed E-state index contributed by atoms with van der Waals surface area (Å²) in [6.45, 7) is 0. The lowest BCUT2D eigenvalue weighted by Crippen LogP contribution is -2.10. The van der Waals surface area contributed by atoms with Crippen molar-refractivity contribution in [3.05, 3.63) is 48.4 Å². The van der Waals surface area contributed by atoms with Gasteiger partial charge in [0.15, 0.2) is 0 Å². The quantitative estimate of drug-likeness (QED) is 0.761. The number of hydrogen-bond donors (Lipinski definition) is 0. The summed E-state index contributed by atoms with van der Waals surface area (Å²) in [6, 6.07) is 11.3. The van der Waals surface area contributed by atoms with E-state index in [2.05, 4.69) is 16.0 Å². The van der Waals surface area contributed by atoms with Crippen molar-refractivity contribution in [1.29, 1.82) is 5.26 Å². The van der Waals surface area contributed by atoms with Crippen molar-refractivity contribution in [2.45, 2.75) is 0 Å². The topological polar surface area (TPSA) is 52.8 Å². The Balaban J connectivity index is 2.28. The summed E-state index contributed by atoms with van der Waals surface area (Å²) < 4.78 is 0. The van der Waals surface area contributed by atoms with Gasteiger partial charge in [0.1, 0.15) is 12.1 Å². The lowest BCUT2D eigenvalue weighted by molar-refractivity contribution is 1.08. The van der Waals surface area contributed by atoms with Crippen molar-refractivity contribution in [3.63, 3.8) is 0 Å². The highest BCUT2D eigenvalue weighted by Crippen LogP contribution is 2.20. The largest absolute Gasteiger partial charge is 0.329 e. The molecule has 4 heteroatoms. The lowest BCUT2D eigenvalue weighted by atomic mass is 10.2. The fraction of sp³-hybridized carbons (Fsp3) is 0.0833. The van der Waals surface area contributed by atoms with Gasteiger partial charge in [-0.05, 0) is 30.3 Å². The molecule has 1 heterocycles. The summed E-state index contributed by atoms with van der Waals surface area (Å²) in [5.41, 5.74) is 1.64. The standard InChI is InChI=1S/C12H10N4/c1-16(12-6-7-14-9-15-12)11-4-2-10(8-13)3-5-11/h2-7,9H,1H3. The van der Waals surface area contributed by atoms with Crippen molar-refractivity contribution >= 4 is 11.5 Å². The first-order chi connectivity index (χ1) is 7.81. The summed E-state index contributed by atoms with van der Waals surface area (Å²) >= 11 is 0. The molecule has 0 aliphatic carbocycles. The van der Waals surface area contributed by atoms with E-state index >= 15 is 0 Å². The molecular formula is C12H10N4. The number of anilines is 2. The molecule has 0 saturated carbocycles. The SMILES string of the molecule is CN(c1ccc(C#N)cc1)c1ccncn1. The van der Waals surface area contributed by atoms with E-state index < -0.39 is 0 Å². The number of aromatic nitrogens is 2. The van der Waals surface area contributed by atoms with Crippen LogP contribution < -0.4 is 4.90 Å². The molecule has 1 aromatic carbocycles. The Bertz CT molecular complexity index is 499. The number of rotatable bonds is 2. The van der Waals surface area contributed by atoms with Crippen molar-refractivity contribution in [2.75, 3.05) is 11.9 Å². The van der Waals surface area contributed by atoms with E-state index in [1.165, 1.54) is 6.33 Å². The predicted octanol–water partition coefficient (Wildman–Crippen LogP) is 2.12. The van der Waals surface area contributed by atoms with Crippen LogP contribution in [0.15, 0.2) is 42.9 Å². The van der Waals surface area contributed by atoms with Crippen LogP contribution in [0, 0.1) is 11.3 Å². The van der Waals surface area contributed by atoms with Crippen LogP contribution >= 0.6 is 0 Å². The number of nitriles is 1. The minimum Gasteiger partial charge on any atom is -0.329 e. The average molecular weight is 210 g/mol. The molecule has 78 valence electrons. The zero-order valence-corrected chi connectivity index (χ0v) is 8.83. The molecule has 1 aromatic heterocycles. The second-order valence-corrected chi connectivity index (χ2v) is 3.29. The van der Waals surface area contributed by atoms with Gasteiger partial charge in [0.2, 0.25) is 0 Å². The first-order valence-electron chi connectivity index (χ1n) is 4.81. The van der Waals surface area contributed by atoms with Gasteiger partial charge in [-0.3, -0.25) is 0 Å². The lowest BCUT2D eigenvalue weighted by Gasteiger charge is -2.17. The van der Waals surface area contributed by atoms with Crippen LogP contribution in [0.25, 0.3) is 0 Å². The van der Waals surface area contributed by atoms with Crippen LogP contribution in [0.3, 0.4) is 0 Å². The summed E-state index contributed by atoms with van der Waals surface area (Å²) in [5, 5.41) is 8.70. The maximum absolute atomic E-state index is 8.70. The third kappa shape index (κ3) is 1.98. The van der Waals surface area contributed by atoms with Crippen molar-refractivity contribution in [1.82, 2.24) is 9.97 Å². The first-order valence-corrected chi connectivity index (χ1v) is 4.81. The smallest absolute Gasteiger partial charge is 0.136 e. The van der Waals surface area contributed by atoms with Crippen molar-refractivity contribution in [2.24, 2.45) is 0 Å². The first kappa shape index (κ1) is 10.1. The van der Waals surface area contributed by atoms with Crippen molar-refractivity contribution < 1.29 is 0 Å². The van der Waals surface area contributed by atoms with Gasteiger partial charge in [0.05, 0.1) is 11.6 Å². The van der Waals surface area contributed by atoms with E-state index in [4.69, 9.17) is 5.26 Å². The minimum absolute atomic E-state index is 0.653. The summed E-state index contributed by atoms with van der Waals surface area (Å²) in [7, 11) is 1.92. The molecule has 0 atom stereocenters. The second-order valence-electron chi connectivity index (χ2n) is 3.29. The van der Waals surface area contributed by atoms with E-state index in [1.807, 2.05) is 30.1 Å². The Morgan fingerprint density at radius 3 is 2.50 bits per heavy atom. The molecule has 0 aliphatic heterocycles. The van der Waals surface area contributed by atoms with E-state index in [1.54, 1.807) is 18.3 Å². The van der Waals surface area contributed by atoms with Gasteiger partial charge in [-0.1, -0.05) is 0 Å². The minimum atomic E-state index is 0.653. The second kappa shape index (κ2) is 4.41. The van der Waals surface area contributed by atoms with Crippen LogP contribution in [-0.4, -0.2) is 17.0 Å². The molecule has 4 nitrogen and oxygen atoms in total. The van der Waals surface area contributed by atoms with E-state index in [9.17, 15) is 0 Å². The van der Waals surface area contributed by atoms with Gasteiger partial charge >= 0.3 is 0 Å². The highest BCUT2D eigenvalue weighted by molar-refractivity contribution is 5.59. The fourth-order valence-corrected chi connectivity index (χ4v) is 1.37. The van der Waals surface area contributed by atoms with Crippen LogP contribution in [0.4, 0.5) is 11.5 Å². The Hall–Kier alpha value is -2.41. The molecule has 0 aliphatic rings. The van der Waals surface area contributed by atoms with E-state index in [0.717, 1.165) is 11.5 Å². The molecule has 0 unspecified atom stereocenters. The van der Waals surface area contributed by atoms with Crippen molar-refractivity contribution in [3.8, 4) is 6.07 Å². The van der Waals surface area contributed by atoms with Gasteiger partial charge in [-0.2, -0.15) is 5.26 Å². The number of nitrogens with zero attached hydrogens (tertiary/aromatic N) is 4. The Morgan fingerprint density at radius 2 is 1.94 bits per heavy atom. The molecule has 2 rings (SSSR count). The number of hydrogen-bond acceptors (Lipinski definition) is 4. The molecule has 0 saturated heterocycles. The van der Waals surface area contributed by atoms with Gasteiger partial charge in [-0.25, -0.2) is 9.97 Å². The normalized spacial score (nSPS) is 9.50. The summed E-state index contributed by atoms with van der Waals surface area (Å²) in [5.74, 6) is 0.819. The Morgan fingerprint density at radius 1 is 1.19 bits per heavy atom. The summed E-state index contributed by atoms with van der Waals surface area (Å²) in [6.07, 6.45) is 3.21. The molecule has 16 heavy (non-hydrogen) atoms. The van der Waals surface area contributed by atoms with Gasteiger partial charge in [-0.15, -0.1) is 0 Å². The van der Waals surface area contributed by atoms with Crippen LogP contribution in [0.1, 0.15) is 5.56 Å². The van der Waals surface area contributed by atoms with Gasteiger partial charge < -0.3 is 4.90 Å². The molecule has 0 spiro atoms. The third-order valence-electron chi connectivity index (χ3n) is 2.29. The monoisotopic (exact) mass is 210 g/mol. The van der Waals surface area contributed by atoms with Gasteiger partial charge in [0, 0.05) is 18.9 Å². The zero-order valence-electron chi connectivity index (χ0n) is 8.83. The fourth-order valence-electron chi connectivity index (χ4n) is 1.37. The molecule has 0 amide bonds. The highest BCUT2D eigenvalue weighted by atomic mass is 15.2. The van der Waals surface area contributed by atoms with E-state index in [0.29, 0.717) is 5.56 Å². The number of benzene rings is 1. The molecule has 0 bridgehead atoms. The van der Waals surface area contributed by atoms with Crippen LogP contribution in [-0.2, 0) is 0 Å². The highest BCUT2D eigenvalue weighted by Gasteiger charge is 2.03. The van der Waals surface area contributed by atoms with Crippen LogP contribution in [0.2, 0.25) is 0 Å². The maximum atomic E-state index is 8.70. The Kier molecular flexibility index (Phi) is 2.79. The average Bonchev–Trinajstić information content (AvgIpc) is 2.39. The molecule has 0 N–H and O–H groups in total. The predicted molar refractivity (Wildman–Crippen MR) is 61.3 cm³/mol. The van der Waals surface area contributed by atoms with E-state index in [-0.39, 0.29) is 0 Å². The zero-order chi connectivity index (χ0) is 11.4. The molecule has 0 radical (unpaired) electrons. The molecular weight excluding hydrogens is 200 g/mol. The maximum Gasteiger partial charge on any atom is 0.136 e. The Labute approximate surface area is 93.8 Å². The van der Waals surface area contributed by atoms with Crippen LogP contribution in [0.5, 0.6) is 0 Å². The third-order valence-corrected chi connectivity index (χ3v) is 2.29. The van der Waals surface area contributed by atoms with Gasteiger partial charge in [0.25, 0.3) is 0 Å².